The highest BCUT2D eigenvalue weighted by Crippen LogP contribution is 2.31. The highest BCUT2D eigenvalue weighted by molar-refractivity contribution is 6.31. The van der Waals surface area contributed by atoms with E-state index in [9.17, 15) is 5.11 Å². The lowest BCUT2D eigenvalue weighted by Gasteiger charge is -2.22. The van der Waals surface area contributed by atoms with Crippen LogP contribution in [0.5, 0.6) is 0 Å². The Morgan fingerprint density at radius 3 is 2.57 bits per heavy atom. The average molecular weight is 215 g/mol. The van der Waals surface area contributed by atoms with Gasteiger partial charge >= 0.3 is 0 Å². The molecule has 0 saturated carbocycles. The predicted octanol–water partition coefficient (Wildman–Crippen LogP) is 2.71. The molecular formula is C11H15ClO2. The van der Waals surface area contributed by atoms with Crippen molar-refractivity contribution >= 4 is 11.6 Å². The van der Waals surface area contributed by atoms with Crippen molar-refractivity contribution < 1.29 is 9.84 Å². The van der Waals surface area contributed by atoms with E-state index in [2.05, 4.69) is 0 Å². The largest absolute Gasteiger partial charge is 0.386 e. The van der Waals surface area contributed by atoms with Gasteiger partial charge in [-0.25, -0.2) is 0 Å². The van der Waals surface area contributed by atoms with Gasteiger partial charge in [0, 0.05) is 17.7 Å². The average Bonchev–Trinajstić information content (AvgIpc) is 2.02. The molecule has 0 fully saturated rings. The number of aliphatic hydroxyl groups is 1. The Bertz CT molecular complexity index is 316. The molecule has 0 saturated heterocycles. The zero-order chi connectivity index (χ0) is 10.8. The summed E-state index contributed by atoms with van der Waals surface area (Å²) in [5, 5.41) is 10.5. The fourth-order valence-electron chi connectivity index (χ4n) is 1.53. The quantitative estimate of drug-likeness (QED) is 0.839. The zero-order valence-electron chi connectivity index (χ0n) is 8.67. The van der Waals surface area contributed by atoms with E-state index < -0.39 is 5.60 Å². The van der Waals surface area contributed by atoms with Crippen LogP contribution in [0.3, 0.4) is 0 Å². The third kappa shape index (κ3) is 2.47. The van der Waals surface area contributed by atoms with Crippen molar-refractivity contribution in [1.29, 1.82) is 0 Å². The topological polar surface area (TPSA) is 29.5 Å². The number of rotatable bonds is 3. The highest BCUT2D eigenvalue weighted by Gasteiger charge is 2.22. The molecule has 1 N–H and O–H groups in total. The molecule has 0 heterocycles. The van der Waals surface area contributed by atoms with Crippen LogP contribution in [0.4, 0.5) is 0 Å². The summed E-state index contributed by atoms with van der Waals surface area (Å²) in [5.74, 6) is 0. The summed E-state index contributed by atoms with van der Waals surface area (Å²) in [6, 6.07) is 5.53. The molecule has 0 radical (unpaired) electrons. The first-order valence-corrected chi connectivity index (χ1v) is 4.84. The maximum absolute atomic E-state index is 9.94. The van der Waals surface area contributed by atoms with Crippen LogP contribution in [-0.2, 0) is 16.9 Å². The van der Waals surface area contributed by atoms with Gasteiger partial charge in [-0.2, -0.15) is 0 Å². The molecule has 0 unspecified atom stereocenters. The number of hydrogen-bond acceptors (Lipinski definition) is 2. The van der Waals surface area contributed by atoms with E-state index in [0.717, 1.165) is 11.1 Å². The molecule has 78 valence electrons. The lowest BCUT2D eigenvalue weighted by atomic mass is 9.93. The summed E-state index contributed by atoms with van der Waals surface area (Å²) < 4.78 is 5.05. The summed E-state index contributed by atoms with van der Waals surface area (Å²) in [6.07, 6.45) is 0. The normalized spacial score (nSPS) is 11.8. The van der Waals surface area contributed by atoms with Crippen molar-refractivity contribution in [3.63, 3.8) is 0 Å². The molecule has 2 nitrogen and oxygen atoms in total. The number of halogens is 1. The summed E-state index contributed by atoms with van der Waals surface area (Å²) in [5.41, 5.74) is 0.725. The van der Waals surface area contributed by atoms with Crippen LogP contribution in [0.15, 0.2) is 18.2 Å². The molecule has 0 aliphatic rings. The van der Waals surface area contributed by atoms with Crippen molar-refractivity contribution in [2.75, 3.05) is 7.11 Å². The van der Waals surface area contributed by atoms with Crippen molar-refractivity contribution in [1.82, 2.24) is 0 Å². The van der Waals surface area contributed by atoms with Gasteiger partial charge in [0.25, 0.3) is 0 Å². The Morgan fingerprint density at radius 2 is 2.07 bits per heavy atom. The molecule has 1 aromatic rings. The first-order valence-electron chi connectivity index (χ1n) is 4.46. The summed E-state index contributed by atoms with van der Waals surface area (Å²) in [4.78, 5) is 0. The number of methoxy groups -OCH3 is 1. The van der Waals surface area contributed by atoms with E-state index in [4.69, 9.17) is 16.3 Å². The first-order chi connectivity index (χ1) is 6.46. The summed E-state index contributed by atoms with van der Waals surface area (Å²) >= 11 is 6.03. The number of hydrogen-bond donors (Lipinski definition) is 1. The number of benzene rings is 1. The van der Waals surface area contributed by atoms with E-state index in [-0.39, 0.29) is 0 Å². The second-order valence-corrected chi connectivity index (χ2v) is 4.17. The molecule has 0 aromatic heterocycles. The van der Waals surface area contributed by atoms with Crippen molar-refractivity contribution in [3.8, 4) is 0 Å². The van der Waals surface area contributed by atoms with E-state index in [0.29, 0.717) is 11.6 Å². The Balaban J connectivity index is 3.22. The van der Waals surface area contributed by atoms with Gasteiger partial charge in [-0.15, -0.1) is 0 Å². The van der Waals surface area contributed by atoms with Crippen LogP contribution >= 0.6 is 11.6 Å². The van der Waals surface area contributed by atoms with Crippen molar-refractivity contribution in [3.05, 3.63) is 34.3 Å². The van der Waals surface area contributed by atoms with Crippen LogP contribution in [0.25, 0.3) is 0 Å². The molecule has 1 rings (SSSR count). The van der Waals surface area contributed by atoms with Gasteiger partial charge in [0.05, 0.1) is 12.2 Å². The molecule has 0 amide bonds. The fraction of sp³-hybridized carbons (Fsp3) is 0.455. The van der Waals surface area contributed by atoms with Gasteiger partial charge in [0.15, 0.2) is 0 Å². The van der Waals surface area contributed by atoms with E-state index in [1.807, 2.05) is 12.1 Å². The molecule has 0 spiro atoms. The Morgan fingerprint density at radius 1 is 1.43 bits per heavy atom. The van der Waals surface area contributed by atoms with E-state index >= 15 is 0 Å². The maximum Gasteiger partial charge on any atom is 0.0858 e. The van der Waals surface area contributed by atoms with Crippen LogP contribution in [0.2, 0.25) is 5.02 Å². The zero-order valence-corrected chi connectivity index (χ0v) is 9.43. The summed E-state index contributed by atoms with van der Waals surface area (Å²) in [7, 11) is 1.62. The van der Waals surface area contributed by atoms with Crippen molar-refractivity contribution in [2.24, 2.45) is 0 Å². The molecule has 0 aliphatic heterocycles. The van der Waals surface area contributed by atoms with Gasteiger partial charge in [-0.3, -0.25) is 0 Å². The first kappa shape index (κ1) is 11.5. The molecule has 0 bridgehead atoms. The smallest absolute Gasteiger partial charge is 0.0858 e. The van der Waals surface area contributed by atoms with E-state index in [1.165, 1.54) is 0 Å². The van der Waals surface area contributed by atoms with E-state index in [1.54, 1.807) is 27.0 Å². The lowest BCUT2D eigenvalue weighted by molar-refractivity contribution is 0.0748. The third-order valence-electron chi connectivity index (χ3n) is 2.01. The third-order valence-corrected chi connectivity index (χ3v) is 2.33. The molecule has 1 aromatic carbocycles. The number of ether oxygens (including phenoxy) is 1. The van der Waals surface area contributed by atoms with Crippen LogP contribution in [-0.4, -0.2) is 12.2 Å². The lowest BCUT2D eigenvalue weighted by Crippen LogP contribution is -2.19. The standard InChI is InChI=1S/C11H15ClO2/c1-11(2,13)10-8(7-14-3)5-4-6-9(10)12/h4-6,13H,7H2,1-3H3. The van der Waals surface area contributed by atoms with Gasteiger partial charge in [-0.1, -0.05) is 23.7 Å². The van der Waals surface area contributed by atoms with Gasteiger partial charge in [0.2, 0.25) is 0 Å². The van der Waals surface area contributed by atoms with Gasteiger partial charge in [0.1, 0.15) is 0 Å². The second-order valence-electron chi connectivity index (χ2n) is 3.77. The summed E-state index contributed by atoms with van der Waals surface area (Å²) in [6.45, 7) is 3.89. The molecule has 0 aliphatic carbocycles. The minimum absolute atomic E-state index is 0.458. The Labute approximate surface area is 89.5 Å². The molecule has 0 atom stereocenters. The van der Waals surface area contributed by atoms with Gasteiger partial charge in [-0.05, 0) is 25.5 Å². The van der Waals surface area contributed by atoms with Gasteiger partial charge < -0.3 is 9.84 Å². The minimum Gasteiger partial charge on any atom is -0.386 e. The molecular weight excluding hydrogens is 200 g/mol. The van der Waals surface area contributed by atoms with Crippen LogP contribution in [0.1, 0.15) is 25.0 Å². The Kier molecular flexibility index (Phi) is 3.53. The minimum atomic E-state index is -0.938. The molecule has 14 heavy (non-hydrogen) atoms. The monoisotopic (exact) mass is 214 g/mol. The molecule has 3 heteroatoms. The van der Waals surface area contributed by atoms with Crippen molar-refractivity contribution in [2.45, 2.75) is 26.1 Å². The second kappa shape index (κ2) is 4.30. The Hall–Kier alpha value is -0.570. The predicted molar refractivity (Wildman–Crippen MR) is 57.4 cm³/mol. The maximum atomic E-state index is 9.94. The fourth-order valence-corrected chi connectivity index (χ4v) is 1.96. The SMILES string of the molecule is COCc1cccc(Cl)c1C(C)(C)O. The highest BCUT2D eigenvalue weighted by atomic mass is 35.5. The van der Waals surface area contributed by atoms with Crippen LogP contribution in [0, 0.1) is 0 Å². The van der Waals surface area contributed by atoms with Crippen LogP contribution < -0.4 is 0 Å².